The van der Waals surface area contributed by atoms with E-state index in [1.165, 1.54) is 6.07 Å². The SMILES string of the molecule is O=C(NCc1ccccc1)OCC1(c2ccccc2F)C2CNCC21. The number of nitrogens with one attached hydrogen (secondary N) is 2. The zero-order valence-electron chi connectivity index (χ0n) is 13.9. The maximum absolute atomic E-state index is 14.3. The molecule has 1 saturated heterocycles. The zero-order valence-corrected chi connectivity index (χ0v) is 13.9. The summed E-state index contributed by atoms with van der Waals surface area (Å²) in [5, 5.41) is 6.08. The van der Waals surface area contributed by atoms with Crippen molar-refractivity contribution in [3.63, 3.8) is 0 Å². The fraction of sp³-hybridized carbons (Fsp3) is 0.350. The Labute approximate surface area is 146 Å². The van der Waals surface area contributed by atoms with Crippen LogP contribution in [0, 0.1) is 17.7 Å². The van der Waals surface area contributed by atoms with E-state index in [1.54, 1.807) is 6.07 Å². The lowest BCUT2D eigenvalue weighted by molar-refractivity contribution is 0.127. The molecule has 2 unspecified atom stereocenters. The molecule has 1 aliphatic carbocycles. The summed E-state index contributed by atoms with van der Waals surface area (Å²) in [6.45, 7) is 2.31. The Morgan fingerprint density at radius 1 is 1.12 bits per heavy atom. The van der Waals surface area contributed by atoms with Gasteiger partial charge in [0.05, 0.1) is 0 Å². The minimum Gasteiger partial charge on any atom is -0.449 e. The molecule has 25 heavy (non-hydrogen) atoms. The van der Waals surface area contributed by atoms with Crippen molar-refractivity contribution in [1.82, 2.24) is 10.6 Å². The van der Waals surface area contributed by atoms with E-state index in [0.717, 1.165) is 18.7 Å². The lowest BCUT2D eigenvalue weighted by Gasteiger charge is -2.22. The minimum absolute atomic E-state index is 0.214. The van der Waals surface area contributed by atoms with E-state index in [1.807, 2.05) is 42.5 Å². The van der Waals surface area contributed by atoms with E-state index in [0.29, 0.717) is 23.9 Å². The van der Waals surface area contributed by atoms with Gasteiger partial charge in [-0.15, -0.1) is 0 Å². The third-order valence-electron chi connectivity index (χ3n) is 5.53. The number of alkyl carbamates (subject to hydrolysis) is 1. The van der Waals surface area contributed by atoms with Gasteiger partial charge in [0.25, 0.3) is 0 Å². The highest BCUT2D eigenvalue weighted by atomic mass is 19.1. The van der Waals surface area contributed by atoms with Crippen LogP contribution in [0.2, 0.25) is 0 Å². The first-order valence-corrected chi connectivity index (χ1v) is 8.62. The van der Waals surface area contributed by atoms with Gasteiger partial charge in [0.15, 0.2) is 0 Å². The number of ether oxygens (including phenoxy) is 1. The molecule has 2 aromatic rings. The van der Waals surface area contributed by atoms with Crippen molar-refractivity contribution in [2.45, 2.75) is 12.0 Å². The van der Waals surface area contributed by atoms with Gasteiger partial charge in [0, 0.05) is 12.0 Å². The quantitative estimate of drug-likeness (QED) is 0.880. The van der Waals surface area contributed by atoms with Crippen LogP contribution in [0.5, 0.6) is 0 Å². The van der Waals surface area contributed by atoms with Gasteiger partial charge in [-0.05, 0) is 42.1 Å². The van der Waals surface area contributed by atoms with Crippen LogP contribution in [0.3, 0.4) is 0 Å². The molecule has 0 bridgehead atoms. The number of hydrogen-bond acceptors (Lipinski definition) is 3. The number of carbonyl (C=O) groups excluding carboxylic acids is 1. The highest BCUT2D eigenvalue weighted by Crippen LogP contribution is 2.62. The molecule has 4 nitrogen and oxygen atoms in total. The second kappa shape index (κ2) is 6.48. The second-order valence-electron chi connectivity index (χ2n) is 6.81. The summed E-state index contributed by atoms with van der Waals surface area (Å²) in [7, 11) is 0. The Kier molecular flexibility index (Phi) is 4.17. The second-order valence-corrected chi connectivity index (χ2v) is 6.81. The highest BCUT2D eigenvalue weighted by Gasteiger charge is 2.68. The molecule has 2 fully saturated rings. The molecule has 4 rings (SSSR count). The Morgan fingerprint density at radius 3 is 2.52 bits per heavy atom. The van der Waals surface area contributed by atoms with E-state index < -0.39 is 6.09 Å². The first kappa shape index (κ1) is 16.1. The Bertz CT molecular complexity index is 755. The van der Waals surface area contributed by atoms with Gasteiger partial charge < -0.3 is 15.4 Å². The first-order valence-electron chi connectivity index (χ1n) is 8.62. The van der Waals surface area contributed by atoms with E-state index in [9.17, 15) is 9.18 Å². The molecule has 5 heteroatoms. The molecular weight excluding hydrogens is 319 g/mol. The van der Waals surface area contributed by atoms with Crippen LogP contribution in [-0.2, 0) is 16.7 Å². The summed E-state index contributed by atoms with van der Waals surface area (Å²) in [6, 6.07) is 16.5. The lowest BCUT2D eigenvalue weighted by Crippen LogP contribution is -2.33. The van der Waals surface area contributed by atoms with Crippen molar-refractivity contribution >= 4 is 6.09 Å². The van der Waals surface area contributed by atoms with E-state index in [4.69, 9.17) is 4.74 Å². The largest absolute Gasteiger partial charge is 0.449 e. The fourth-order valence-electron chi connectivity index (χ4n) is 4.18. The van der Waals surface area contributed by atoms with Gasteiger partial charge in [0.1, 0.15) is 12.4 Å². The summed E-state index contributed by atoms with van der Waals surface area (Å²) >= 11 is 0. The molecule has 1 saturated carbocycles. The van der Waals surface area contributed by atoms with E-state index in [2.05, 4.69) is 10.6 Å². The summed E-state index contributed by atoms with van der Waals surface area (Å²) in [4.78, 5) is 12.1. The highest BCUT2D eigenvalue weighted by molar-refractivity contribution is 5.67. The Morgan fingerprint density at radius 2 is 1.80 bits per heavy atom. The van der Waals surface area contributed by atoms with Crippen LogP contribution in [-0.4, -0.2) is 25.8 Å². The fourth-order valence-corrected chi connectivity index (χ4v) is 4.18. The number of rotatable bonds is 5. The molecule has 2 aliphatic rings. The molecule has 0 aromatic heterocycles. The van der Waals surface area contributed by atoms with E-state index >= 15 is 0 Å². The average Bonchev–Trinajstić information content (AvgIpc) is 2.99. The molecule has 1 heterocycles. The van der Waals surface area contributed by atoms with Crippen molar-refractivity contribution < 1.29 is 13.9 Å². The van der Waals surface area contributed by atoms with E-state index in [-0.39, 0.29) is 17.8 Å². The molecule has 0 radical (unpaired) electrons. The van der Waals surface area contributed by atoms with Gasteiger partial charge in [-0.3, -0.25) is 0 Å². The standard InChI is InChI=1S/C20H21FN2O2/c21-18-9-5-4-8-15(18)20(16-11-22-12-17(16)20)13-25-19(24)23-10-14-6-2-1-3-7-14/h1-9,16-17,22H,10-13H2,(H,23,24). The average molecular weight is 340 g/mol. The van der Waals surface area contributed by atoms with Crippen LogP contribution in [0.1, 0.15) is 11.1 Å². The molecule has 2 aromatic carbocycles. The number of amides is 1. The van der Waals surface area contributed by atoms with Crippen LogP contribution >= 0.6 is 0 Å². The number of carbonyl (C=O) groups is 1. The van der Waals surface area contributed by atoms with Crippen molar-refractivity contribution in [3.05, 3.63) is 71.5 Å². The number of hydrogen-bond donors (Lipinski definition) is 2. The number of piperidine rings is 1. The molecule has 1 aliphatic heterocycles. The summed E-state index contributed by atoms with van der Waals surface area (Å²) in [6.07, 6.45) is -0.461. The van der Waals surface area contributed by atoms with Gasteiger partial charge in [-0.1, -0.05) is 48.5 Å². The summed E-state index contributed by atoms with van der Waals surface area (Å²) < 4.78 is 19.8. The van der Waals surface area contributed by atoms with Crippen molar-refractivity contribution in [1.29, 1.82) is 0 Å². The number of benzene rings is 2. The first-order chi connectivity index (χ1) is 12.2. The predicted molar refractivity (Wildman–Crippen MR) is 92.6 cm³/mol. The van der Waals surface area contributed by atoms with Gasteiger partial charge in [-0.25, -0.2) is 9.18 Å². The van der Waals surface area contributed by atoms with Crippen LogP contribution < -0.4 is 10.6 Å². The number of halogens is 1. The van der Waals surface area contributed by atoms with Gasteiger partial charge in [0.2, 0.25) is 0 Å². The van der Waals surface area contributed by atoms with Crippen molar-refractivity contribution in [3.8, 4) is 0 Å². The maximum Gasteiger partial charge on any atom is 0.407 e. The van der Waals surface area contributed by atoms with Crippen molar-refractivity contribution in [2.24, 2.45) is 11.8 Å². The Hall–Kier alpha value is -2.40. The minimum atomic E-state index is -0.461. The molecule has 2 atom stereocenters. The number of fused-ring (bicyclic) bond motifs is 1. The maximum atomic E-state index is 14.3. The third-order valence-corrected chi connectivity index (χ3v) is 5.53. The topological polar surface area (TPSA) is 50.4 Å². The predicted octanol–water partition coefficient (Wildman–Crippen LogP) is 2.84. The zero-order chi connectivity index (χ0) is 17.3. The molecule has 130 valence electrons. The smallest absolute Gasteiger partial charge is 0.407 e. The third kappa shape index (κ3) is 2.89. The van der Waals surface area contributed by atoms with Crippen LogP contribution in [0.25, 0.3) is 0 Å². The molecule has 0 spiro atoms. The van der Waals surface area contributed by atoms with Gasteiger partial charge >= 0.3 is 6.09 Å². The van der Waals surface area contributed by atoms with Crippen LogP contribution in [0.4, 0.5) is 9.18 Å². The summed E-state index contributed by atoms with van der Waals surface area (Å²) in [5.74, 6) is 0.433. The monoisotopic (exact) mass is 340 g/mol. The molecule has 2 N–H and O–H groups in total. The molecular formula is C20H21FN2O2. The van der Waals surface area contributed by atoms with Crippen molar-refractivity contribution in [2.75, 3.05) is 19.7 Å². The molecule has 1 amide bonds. The van der Waals surface area contributed by atoms with Gasteiger partial charge in [-0.2, -0.15) is 0 Å². The Balaban J connectivity index is 1.41. The normalized spacial score (nSPS) is 26.8. The van der Waals surface area contributed by atoms with Crippen LogP contribution in [0.15, 0.2) is 54.6 Å². The lowest BCUT2D eigenvalue weighted by atomic mass is 9.90. The summed E-state index contributed by atoms with van der Waals surface area (Å²) in [5.41, 5.74) is 1.29.